The number of pyridine rings is 1. The molecule has 5 nitrogen and oxygen atoms in total. The Bertz CT molecular complexity index is 642. The van der Waals surface area contributed by atoms with E-state index in [1.165, 1.54) is 12.3 Å². The molecule has 0 saturated carbocycles. The van der Waals surface area contributed by atoms with Crippen molar-refractivity contribution in [1.82, 2.24) is 9.71 Å². The molecule has 0 amide bonds. The molecule has 0 aliphatic carbocycles. The highest BCUT2D eigenvalue weighted by molar-refractivity contribution is 7.89. The minimum atomic E-state index is -3.60. The Kier molecular flexibility index (Phi) is 4.13. The first kappa shape index (κ1) is 13.5. The number of nitrogens with zero attached hydrogens (tertiary/aromatic N) is 1. The second kappa shape index (κ2) is 5.81. The number of sulfonamides is 1. The lowest BCUT2D eigenvalue weighted by Crippen LogP contribution is -2.27. The van der Waals surface area contributed by atoms with Crippen LogP contribution in [0.3, 0.4) is 0 Å². The molecule has 0 bridgehead atoms. The van der Waals surface area contributed by atoms with Crippen LogP contribution in [-0.2, 0) is 16.4 Å². The van der Waals surface area contributed by atoms with Gasteiger partial charge in [0, 0.05) is 12.7 Å². The molecule has 1 aromatic carbocycles. The summed E-state index contributed by atoms with van der Waals surface area (Å²) in [6, 6.07) is 12.6. The molecule has 1 aromatic heterocycles. The zero-order valence-corrected chi connectivity index (χ0v) is 11.1. The highest BCUT2D eigenvalue weighted by Crippen LogP contribution is 2.13. The molecule has 0 fully saturated rings. The van der Waals surface area contributed by atoms with Crippen LogP contribution in [0.1, 0.15) is 5.56 Å². The van der Waals surface area contributed by atoms with Crippen molar-refractivity contribution >= 4 is 15.8 Å². The van der Waals surface area contributed by atoms with E-state index in [1.807, 2.05) is 30.3 Å². The third kappa shape index (κ3) is 3.52. The van der Waals surface area contributed by atoms with Crippen molar-refractivity contribution in [2.75, 3.05) is 12.3 Å². The molecule has 100 valence electrons. The summed E-state index contributed by atoms with van der Waals surface area (Å²) in [4.78, 5) is 3.79. The van der Waals surface area contributed by atoms with Crippen molar-refractivity contribution in [3.63, 3.8) is 0 Å². The average molecular weight is 277 g/mol. The molecule has 2 rings (SSSR count). The molecule has 0 aliphatic rings. The fraction of sp³-hybridized carbons (Fsp3) is 0.154. The van der Waals surface area contributed by atoms with E-state index < -0.39 is 10.0 Å². The number of anilines is 1. The van der Waals surface area contributed by atoms with Gasteiger partial charge in [0.25, 0.3) is 0 Å². The van der Waals surface area contributed by atoms with Crippen LogP contribution in [0.15, 0.2) is 53.6 Å². The number of nitrogen functional groups attached to an aromatic ring is 1. The first-order valence-electron chi connectivity index (χ1n) is 5.84. The van der Waals surface area contributed by atoms with Crippen LogP contribution in [0, 0.1) is 0 Å². The maximum atomic E-state index is 12.0. The van der Waals surface area contributed by atoms with E-state index in [0.29, 0.717) is 13.0 Å². The summed E-state index contributed by atoms with van der Waals surface area (Å²) < 4.78 is 26.5. The molecule has 0 saturated heterocycles. The number of hydrogen-bond donors (Lipinski definition) is 2. The van der Waals surface area contributed by atoms with E-state index in [9.17, 15) is 8.42 Å². The Balaban J connectivity index is 2.01. The van der Waals surface area contributed by atoms with E-state index in [1.54, 1.807) is 6.07 Å². The minimum Gasteiger partial charge on any atom is -0.383 e. The lowest BCUT2D eigenvalue weighted by atomic mass is 10.2. The topological polar surface area (TPSA) is 85.1 Å². The van der Waals surface area contributed by atoms with Gasteiger partial charge in [-0.2, -0.15) is 0 Å². The Morgan fingerprint density at radius 1 is 1.11 bits per heavy atom. The molecular weight excluding hydrogens is 262 g/mol. The Morgan fingerprint density at radius 3 is 2.53 bits per heavy atom. The second-order valence-corrected chi connectivity index (χ2v) is 5.76. The quantitative estimate of drug-likeness (QED) is 0.859. The molecule has 6 heteroatoms. The van der Waals surface area contributed by atoms with Gasteiger partial charge < -0.3 is 5.73 Å². The summed E-state index contributed by atoms with van der Waals surface area (Å²) in [5.74, 6) is 0.00899. The van der Waals surface area contributed by atoms with Crippen LogP contribution in [0.4, 0.5) is 5.82 Å². The number of aromatic nitrogens is 1. The number of rotatable bonds is 5. The van der Waals surface area contributed by atoms with Crippen molar-refractivity contribution in [3.8, 4) is 0 Å². The fourth-order valence-corrected chi connectivity index (χ4v) is 2.79. The summed E-state index contributed by atoms with van der Waals surface area (Å²) in [5, 5.41) is 0. The summed E-state index contributed by atoms with van der Waals surface area (Å²) in [7, 11) is -3.60. The maximum Gasteiger partial charge on any atom is 0.244 e. The van der Waals surface area contributed by atoms with Crippen molar-refractivity contribution in [2.24, 2.45) is 0 Å². The van der Waals surface area contributed by atoms with Crippen LogP contribution < -0.4 is 10.5 Å². The van der Waals surface area contributed by atoms with E-state index in [4.69, 9.17) is 5.73 Å². The molecule has 0 unspecified atom stereocenters. The van der Waals surface area contributed by atoms with Gasteiger partial charge in [-0.1, -0.05) is 30.3 Å². The normalized spacial score (nSPS) is 11.4. The summed E-state index contributed by atoms with van der Waals surface area (Å²) >= 11 is 0. The molecule has 19 heavy (non-hydrogen) atoms. The molecule has 0 atom stereocenters. The number of nitrogens with two attached hydrogens (primary N) is 1. The standard InChI is InChI=1S/C13H15N3O2S/c14-13-12(7-4-9-15-13)19(17,18)16-10-8-11-5-2-1-3-6-11/h1-7,9,16H,8,10H2,(H2,14,15). The number of hydrogen-bond acceptors (Lipinski definition) is 4. The third-order valence-corrected chi connectivity index (χ3v) is 4.15. The minimum absolute atomic E-state index is 0.00899. The Hall–Kier alpha value is -1.92. The molecule has 0 aliphatic heterocycles. The van der Waals surface area contributed by atoms with E-state index >= 15 is 0 Å². The third-order valence-electron chi connectivity index (χ3n) is 2.64. The zero-order chi connectivity index (χ0) is 13.7. The van der Waals surface area contributed by atoms with Crippen LogP contribution in [-0.4, -0.2) is 19.9 Å². The van der Waals surface area contributed by atoms with Crippen LogP contribution in [0.5, 0.6) is 0 Å². The van der Waals surface area contributed by atoms with E-state index in [2.05, 4.69) is 9.71 Å². The van der Waals surface area contributed by atoms with Gasteiger partial charge >= 0.3 is 0 Å². The highest BCUT2D eigenvalue weighted by atomic mass is 32.2. The first-order chi connectivity index (χ1) is 9.09. The molecular formula is C13H15N3O2S. The lowest BCUT2D eigenvalue weighted by Gasteiger charge is -2.08. The van der Waals surface area contributed by atoms with Crippen LogP contribution in [0.2, 0.25) is 0 Å². The molecule has 1 heterocycles. The predicted molar refractivity (Wildman–Crippen MR) is 74.0 cm³/mol. The monoisotopic (exact) mass is 277 g/mol. The largest absolute Gasteiger partial charge is 0.383 e. The van der Waals surface area contributed by atoms with Gasteiger partial charge in [-0.25, -0.2) is 18.1 Å². The molecule has 2 aromatic rings. The molecule has 3 N–H and O–H groups in total. The molecule has 0 spiro atoms. The van der Waals surface area contributed by atoms with Gasteiger partial charge in [-0.05, 0) is 24.1 Å². The van der Waals surface area contributed by atoms with Gasteiger partial charge in [0.15, 0.2) is 0 Å². The van der Waals surface area contributed by atoms with E-state index in [-0.39, 0.29) is 10.7 Å². The number of nitrogens with one attached hydrogen (secondary N) is 1. The van der Waals surface area contributed by atoms with Crippen molar-refractivity contribution in [2.45, 2.75) is 11.3 Å². The zero-order valence-electron chi connectivity index (χ0n) is 10.3. The maximum absolute atomic E-state index is 12.0. The first-order valence-corrected chi connectivity index (χ1v) is 7.32. The number of benzene rings is 1. The average Bonchev–Trinajstić information content (AvgIpc) is 2.40. The summed E-state index contributed by atoms with van der Waals surface area (Å²) in [5.41, 5.74) is 6.63. The summed E-state index contributed by atoms with van der Waals surface area (Å²) in [6.07, 6.45) is 2.08. The SMILES string of the molecule is Nc1ncccc1S(=O)(=O)NCCc1ccccc1. The van der Waals surface area contributed by atoms with Crippen molar-refractivity contribution in [3.05, 3.63) is 54.2 Å². The van der Waals surface area contributed by atoms with Crippen LogP contribution in [0.25, 0.3) is 0 Å². The Labute approximate surface area is 112 Å². The second-order valence-electron chi connectivity index (χ2n) is 4.02. The lowest BCUT2D eigenvalue weighted by molar-refractivity contribution is 0.581. The predicted octanol–water partition coefficient (Wildman–Crippen LogP) is 1.18. The smallest absolute Gasteiger partial charge is 0.244 e. The van der Waals surface area contributed by atoms with E-state index in [0.717, 1.165) is 5.56 Å². The van der Waals surface area contributed by atoms with Gasteiger partial charge in [-0.3, -0.25) is 0 Å². The van der Waals surface area contributed by atoms with Gasteiger partial charge in [0.05, 0.1) is 0 Å². The van der Waals surface area contributed by atoms with Gasteiger partial charge in [0.2, 0.25) is 10.0 Å². The van der Waals surface area contributed by atoms with Crippen molar-refractivity contribution in [1.29, 1.82) is 0 Å². The molecule has 0 radical (unpaired) electrons. The van der Waals surface area contributed by atoms with Gasteiger partial charge in [0.1, 0.15) is 10.7 Å². The fourth-order valence-electron chi connectivity index (χ4n) is 1.68. The van der Waals surface area contributed by atoms with Gasteiger partial charge in [-0.15, -0.1) is 0 Å². The Morgan fingerprint density at radius 2 is 1.84 bits per heavy atom. The van der Waals surface area contributed by atoms with Crippen molar-refractivity contribution < 1.29 is 8.42 Å². The highest BCUT2D eigenvalue weighted by Gasteiger charge is 2.16. The van der Waals surface area contributed by atoms with Crippen LogP contribution >= 0.6 is 0 Å². The summed E-state index contributed by atoms with van der Waals surface area (Å²) in [6.45, 7) is 0.320.